The zero-order valence-corrected chi connectivity index (χ0v) is 16.9. The van der Waals surface area contributed by atoms with Crippen molar-refractivity contribution < 1.29 is 13.9 Å². The van der Waals surface area contributed by atoms with E-state index < -0.39 is 5.97 Å². The molecule has 2 rings (SSSR count). The second-order valence-corrected chi connectivity index (χ2v) is 7.56. The highest BCUT2D eigenvalue weighted by atomic mass is 79.9. The summed E-state index contributed by atoms with van der Waals surface area (Å²) in [5.41, 5.74) is 2.88. The lowest BCUT2D eigenvalue weighted by Gasteiger charge is -2.25. The van der Waals surface area contributed by atoms with Gasteiger partial charge in [0, 0.05) is 23.5 Å². The summed E-state index contributed by atoms with van der Waals surface area (Å²) in [6, 6.07) is 6.43. The molecule has 1 unspecified atom stereocenters. The fourth-order valence-corrected chi connectivity index (χ4v) is 3.22. The summed E-state index contributed by atoms with van der Waals surface area (Å²) < 4.78 is 19.3. The Bertz CT molecular complexity index is 739. The average molecular weight is 423 g/mol. The topological polar surface area (TPSA) is 50.7 Å². The van der Waals surface area contributed by atoms with Gasteiger partial charge in [0.15, 0.2) is 5.71 Å². The molecule has 0 radical (unpaired) electrons. The minimum absolute atomic E-state index is 0.0590. The molecule has 1 aliphatic heterocycles. The first-order valence-corrected chi connectivity index (χ1v) is 9.35. The van der Waals surface area contributed by atoms with E-state index in [0.29, 0.717) is 30.9 Å². The third kappa shape index (κ3) is 5.53. The number of benzene rings is 1. The molecule has 0 saturated carbocycles. The highest BCUT2D eigenvalue weighted by Crippen LogP contribution is 2.30. The molecule has 4 nitrogen and oxygen atoms in total. The molecule has 1 atom stereocenters. The maximum Gasteiger partial charge on any atom is 0.358 e. The van der Waals surface area contributed by atoms with E-state index >= 15 is 0 Å². The van der Waals surface area contributed by atoms with Gasteiger partial charge in [0.05, 0.1) is 11.8 Å². The molecule has 1 aliphatic rings. The monoisotopic (exact) mass is 422 g/mol. The third-order valence-corrected chi connectivity index (χ3v) is 4.85. The van der Waals surface area contributed by atoms with Crippen molar-refractivity contribution in [3.63, 3.8) is 0 Å². The van der Waals surface area contributed by atoms with Gasteiger partial charge < -0.3 is 10.1 Å². The van der Waals surface area contributed by atoms with Crippen LogP contribution < -0.4 is 5.32 Å². The Balaban J connectivity index is 2.25. The second kappa shape index (κ2) is 9.12. The van der Waals surface area contributed by atoms with Crippen molar-refractivity contribution in [2.24, 2.45) is 10.9 Å². The van der Waals surface area contributed by atoms with Gasteiger partial charge in [-0.1, -0.05) is 40.2 Å². The Morgan fingerprint density at radius 2 is 2.08 bits per heavy atom. The van der Waals surface area contributed by atoms with Crippen LogP contribution in [0, 0.1) is 11.7 Å². The number of hydrogen-bond acceptors (Lipinski definition) is 4. The summed E-state index contributed by atoms with van der Waals surface area (Å²) in [6.07, 6.45) is 0.470. The standard InChI is InChI=1S/C20H24BrFN2O2/c1-12(2)10-23-18-17(21)15(9-14-5-7-16(22)8-6-14)11-24-19(18)20(25)26-13(3)4/h5-8,13,15,23H,1,9-11H2,2-4H3. The first kappa shape index (κ1) is 20.4. The van der Waals surface area contributed by atoms with Gasteiger partial charge in [-0.15, -0.1) is 0 Å². The number of hydrogen-bond donors (Lipinski definition) is 1. The molecular formula is C20H24BrFN2O2. The number of aliphatic imine (C=N–C) groups is 1. The number of rotatable bonds is 7. The smallest absolute Gasteiger partial charge is 0.358 e. The fraction of sp³-hybridized carbons (Fsp3) is 0.400. The molecular weight excluding hydrogens is 399 g/mol. The third-order valence-electron chi connectivity index (χ3n) is 3.80. The van der Waals surface area contributed by atoms with Crippen molar-refractivity contribution in [3.8, 4) is 0 Å². The molecule has 0 spiro atoms. The zero-order chi connectivity index (χ0) is 19.3. The van der Waals surface area contributed by atoms with Crippen LogP contribution in [-0.2, 0) is 16.0 Å². The van der Waals surface area contributed by atoms with Crippen molar-refractivity contribution in [2.45, 2.75) is 33.3 Å². The van der Waals surface area contributed by atoms with Crippen molar-refractivity contribution in [3.05, 3.63) is 58.0 Å². The molecule has 26 heavy (non-hydrogen) atoms. The number of halogens is 2. The van der Waals surface area contributed by atoms with Crippen LogP contribution in [0.4, 0.5) is 4.39 Å². The Hall–Kier alpha value is -1.95. The first-order chi connectivity index (χ1) is 12.3. The van der Waals surface area contributed by atoms with Crippen LogP contribution in [0.1, 0.15) is 26.3 Å². The summed E-state index contributed by atoms with van der Waals surface area (Å²) in [5, 5.41) is 3.24. The van der Waals surface area contributed by atoms with Crippen molar-refractivity contribution in [1.29, 1.82) is 0 Å². The van der Waals surface area contributed by atoms with Crippen LogP contribution in [0.25, 0.3) is 0 Å². The van der Waals surface area contributed by atoms with Crippen LogP contribution in [0.5, 0.6) is 0 Å². The van der Waals surface area contributed by atoms with Gasteiger partial charge in [-0.3, -0.25) is 4.99 Å². The predicted octanol–water partition coefficient (Wildman–Crippen LogP) is 4.16. The minimum Gasteiger partial charge on any atom is -0.458 e. The SMILES string of the molecule is C=C(C)CNC1=C(Br)C(Cc2ccc(F)cc2)CN=C1C(=O)OC(C)C. The molecule has 0 bridgehead atoms. The molecule has 0 fully saturated rings. The summed E-state index contributed by atoms with van der Waals surface area (Å²) in [7, 11) is 0. The van der Waals surface area contributed by atoms with Crippen LogP contribution in [-0.4, -0.2) is 30.9 Å². The number of ether oxygens (including phenoxy) is 1. The Morgan fingerprint density at radius 1 is 1.42 bits per heavy atom. The predicted molar refractivity (Wildman–Crippen MR) is 106 cm³/mol. The zero-order valence-electron chi connectivity index (χ0n) is 15.3. The molecule has 1 N–H and O–H groups in total. The molecule has 1 heterocycles. The van der Waals surface area contributed by atoms with E-state index in [4.69, 9.17) is 4.74 Å². The Morgan fingerprint density at radius 3 is 2.65 bits per heavy atom. The number of nitrogens with zero attached hydrogens (tertiary/aromatic N) is 1. The first-order valence-electron chi connectivity index (χ1n) is 8.56. The number of esters is 1. The van der Waals surface area contributed by atoms with E-state index in [1.807, 2.05) is 6.92 Å². The summed E-state index contributed by atoms with van der Waals surface area (Å²) in [6.45, 7) is 10.4. The summed E-state index contributed by atoms with van der Waals surface area (Å²) in [4.78, 5) is 16.9. The molecule has 0 amide bonds. The molecule has 0 aromatic heterocycles. The van der Waals surface area contributed by atoms with Crippen molar-refractivity contribution >= 4 is 27.6 Å². The van der Waals surface area contributed by atoms with Crippen molar-refractivity contribution in [2.75, 3.05) is 13.1 Å². The van der Waals surface area contributed by atoms with E-state index in [0.717, 1.165) is 15.6 Å². The van der Waals surface area contributed by atoms with E-state index in [9.17, 15) is 9.18 Å². The minimum atomic E-state index is -0.443. The van der Waals surface area contributed by atoms with E-state index in [1.54, 1.807) is 26.0 Å². The summed E-state index contributed by atoms with van der Waals surface area (Å²) >= 11 is 3.64. The number of carbonyl (C=O) groups is 1. The largest absolute Gasteiger partial charge is 0.458 e. The lowest BCUT2D eigenvalue weighted by Crippen LogP contribution is -2.35. The quantitative estimate of drug-likeness (QED) is 0.529. The maximum atomic E-state index is 13.1. The molecule has 0 saturated heterocycles. The number of carbonyl (C=O) groups excluding carboxylic acids is 1. The Labute approximate surface area is 162 Å². The van der Waals surface area contributed by atoms with Gasteiger partial charge >= 0.3 is 5.97 Å². The van der Waals surface area contributed by atoms with Crippen LogP contribution in [0.15, 0.2) is 51.6 Å². The number of dihydropyridines is 1. The van der Waals surface area contributed by atoms with Crippen LogP contribution >= 0.6 is 15.9 Å². The summed E-state index contributed by atoms with van der Waals surface area (Å²) in [5.74, 6) is -0.641. The highest BCUT2D eigenvalue weighted by molar-refractivity contribution is 9.11. The van der Waals surface area contributed by atoms with Gasteiger partial charge in [-0.2, -0.15) is 0 Å². The van der Waals surface area contributed by atoms with Gasteiger partial charge in [-0.25, -0.2) is 9.18 Å². The molecule has 1 aromatic carbocycles. The molecule has 6 heteroatoms. The van der Waals surface area contributed by atoms with Gasteiger partial charge in [0.1, 0.15) is 5.82 Å². The van der Waals surface area contributed by atoms with Crippen molar-refractivity contribution in [1.82, 2.24) is 5.32 Å². The van der Waals surface area contributed by atoms with E-state index in [2.05, 4.69) is 32.8 Å². The van der Waals surface area contributed by atoms with Gasteiger partial charge in [-0.05, 0) is 44.9 Å². The lowest BCUT2D eigenvalue weighted by atomic mass is 9.95. The van der Waals surface area contributed by atoms with Crippen LogP contribution in [0.3, 0.4) is 0 Å². The highest BCUT2D eigenvalue weighted by Gasteiger charge is 2.29. The Kier molecular flexibility index (Phi) is 7.14. The molecule has 0 aliphatic carbocycles. The van der Waals surface area contributed by atoms with E-state index in [-0.39, 0.29) is 17.8 Å². The lowest BCUT2D eigenvalue weighted by molar-refractivity contribution is -0.139. The molecule has 1 aromatic rings. The molecule has 140 valence electrons. The average Bonchev–Trinajstić information content (AvgIpc) is 2.56. The van der Waals surface area contributed by atoms with Gasteiger partial charge in [0.25, 0.3) is 0 Å². The van der Waals surface area contributed by atoms with Crippen LogP contribution in [0.2, 0.25) is 0 Å². The second-order valence-electron chi connectivity index (χ2n) is 6.70. The maximum absolute atomic E-state index is 13.1. The van der Waals surface area contributed by atoms with E-state index in [1.165, 1.54) is 12.1 Å². The fourth-order valence-electron chi connectivity index (χ4n) is 2.58. The van der Waals surface area contributed by atoms with Gasteiger partial charge in [0.2, 0.25) is 0 Å². The normalized spacial score (nSPS) is 17.2. The number of nitrogens with one attached hydrogen (secondary N) is 1.